The van der Waals surface area contributed by atoms with Crippen molar-refractivity contribution in [1.82, 2.24) is 0 Å². The molecule has 0 aliphatic rings. The first-order valence-corrected chi connectivity index (χ1v) is 7.08. The van der Waals surface area contributed by atoms with E-state index in [4.69, 9.17) is 28.3 Å². The predicted octanol–water partition coefficient (Wildman–Crippen LogP) is 3.77. The Bertz CT molecular complexity index is 463. The average Bonchev–Trinajstić information content (AvgIpc) is 2.31. The molecule has 0 aromatic heterocycles. The molecule has 0 heterocycles. The van der Waals surface area contributed by atoms with Crippen LogP contribution in [0.1, 0.15) is 23.7 Å². The molecule has 1 aromatic rings. The van der Waals surface area contributed by atoms with Crippen LogP contribution in [0.2, 0.25) is 10.0 Å². The number of aliphatic carboxylic acids is 1. The summed E-state index contributed by atoms with van der Waals surface area (Å²) in [6.45, 7) is 1.85. The van der Waals surface area contributed by atoms with Gasteiger partial charge in [0.15, 0.2) is 5.78 Å². The average molecular weight is 307 g/mol. The standard InChI is InChI=1S/C12H12Cl2O3S/c1-2-18-11(12(16)17)6-10(15)7-3-4-8(13)9(14)5-7/h3-5,11H,2,6H2,1H3,(H,16,17). The van der Waals surface area contributed by atoms with Gasteiger partial charge in [-0.05, 0) is 24.0 Å². The van der Waals surface area contributed by atoms with Gasteiger partial charge in [0, 0.05) is 12.0 Å². The van der Waals surface area contributed by atoms with Crippen LogP contribution in [-0.4, -0.2) is 27.9 Å². The van der Waals surface area contributed by atoms with Crippen molar-refractivity contribution >= 4 is 46.7 Å². The zero-order valence-corrected chi connectivity index (χ0v) is 12.0. The zero-order chi connectivity index (χ0) is 13.7. The van der Waals surface area contributed by atoms with Gasteiger partial charge in [0.1, 0.15) is 5.25 Å². The Morgan fingerprint density at radius 2 is 2.00 bits per heavy atom. The van der Waals surface area contributed by atoms with Crippen molar-refractivity contribution in [3.8, 4) is 0 Å². The van der Waals surface area contributed by atoms with Crippen LogP contribution in [0.4, 0.5) is 0 Å². The molecule has 98 valence electrons. The van der Waals surface area contributed by atoms with E-state index < -0.39 is 11.2 Å². The summed E-state index contributed by atoms with van der Waals surface area (Å²) in [4.78, 5) is 22.9. The van der Waals surface area contributed by atoms with E-state index in [2.05, 4.69) is 0 Å². The van der Waals surface area contributed by atoms with Gasteiger partial charge in [-0.15, -0.1) is 11.8 Å². The van der Waals surface area contributed by atoms with Gasteiger partial charge < -0.3 is 5.11 Å². The van der Waals surface area contributed by atoms with Crippen molar-refractivity contribution in [1.29, 1.82) is 0 Å². The third-order valence-electron chi connectivity index (χ3n) is 2.26. The van der Waals surface area contributed by atoms with Crippen LogP contribution in [0.25, 0.3) is 0 Å². The van der Waals surface area contributed by atoms with Crippen molar-refractivity contribution in [3.05, 3.63) is 33.8 Å². The summed E-state index contributed by atoms with van der Waals surface area (Å²) in [6.07, 6.45) is -0.0498. The first kappa shape index (κ1) is 15.3. The van der Waals surface area contributed by atoms with Crippen LogP contribution in [-0.2, 0) is 4.79 Å². The molecule has 0 saturated heterocycles. The minimum atomic E-state index is -0.977. The second-order valence-electron chi connectivity index (χ2n) is 3.54. The predicted molar refractivity (Wildman–Crippen MR) is 75.0 cm³/mol. The lowest BCUT2D eigenvalue weighted by Crippen LogP contribution is -2.20. The molecule has 3 nitrogen and oxygen atoms in total. The smallest absolute Gasteiger partial charge is 0.317 e. The molecule has 1 rings (SSSR count). The number of carbonyl (C=O) groups is 2. The molecule has 1 N–H and O–H groups in total. The molecule has 0 bridgehead atoms. The molecule has 0 radical (unpaired) electrons. The third-order valence-corrected chi connectivity index (χ3v) is 4.10. The van der Waals surface area contributed by atoms with Gasteiger partial charge in [0.05, 0.1) is 10.0 Å². The maximum Gasteiger partial charge on any atom is 0.317 e. The number of rotatable bonds is 6. The summed E-state index contributed by atoms with van der Waals surface area (Å²) < 4.78 is 0. The number of Topliss-reactive ketones (excluding diaryl/α,β-unsaturated/α-hetero) is 1. The summed E-state index contributed by atoms with van der Waals surface area (Å²) >= 11 is 12.8. The molecular weight excluding hydrogens is 295 g/mol. The van der Waals surface area contributed by atoms with E-state index in [1.165, 1.54) is 23.9 Å². The number of thioether (sulfide) groups is 1. The molecule has 18 heavy (non-hydrogen) atoms. The van der Waals surface area contributed by atoms with Crippen LogP contribution in [0.15, 0.2) is 18.2 Å². The topological polar surface area (TPSA) is 54.4 Å². The maximum atomic E-state index is 11.9. The fraction of sp³-hybridized carbons (Fsp3) is 0.333. The summed E-state index contributed by atoms with van der Waals surface area (Å²) in [6, 6.07) is 4.54. The second kappa shape index (κ2) is 7.02. The van der Waals surface area contributed by atoms with Gasteiger partial charge in [0.2, 0.25) is 0 Å². The molecular formula is C12H12Cl2O3S. The van der Waals surface area contributed by atoms with Gasteiger partial charge in [-0.3, -0.25) is 9.59 Å². The molecule has 1 unspecified atom stereocenters. The summed E-state index contributed by atoms with van der Waals surface area (Å²) in [5.41, 5.74) is 0.382. The Kier molecular flexibility index (Phi) is 5.99. The van der Waals surface area contributed by atoms with Gasteiger partial charge in [-0.1, -0.05) is 30.1 Å². The number of halogens is 2. The lowest BCUT2D eigenvalue weighted by Gasteiger charge is -2.10. The second-order valence-corrected chi connectivity index (χ2v) is 5.83. The number of benzene rings is 1. The first-order chi connectivity index (χ1) is 8.45. The van der Waals surface area contributed by atoms with Crippen LogP contribution >= 0.6 is 35.0 Å². The minimum absolute atomic E-state index is 0.0498. The van der Waals surface area contributed by atoms with Crippen molar-refractivity contribution in [2.45, 2.75) is 18.6 Å². The van der Waals surface area contributed by atoms with E-state index >= 15 is 0 Å². The number of carbonyl (C=O) groups excluding carboxylic acids is 1. The monoisotopic (exact) mass is 306 g/mol. The third kappa shape index (κ3) is 4.19. The Morgan fingerprint density at radius 1 is 1.33 bits per heavy atom. The summed E-state index contributed by atoms with van der Waals surface area (Å²) in [7, 11) is 0. The molecule has 1 aromatic carbocycles. The van der Waals surface area contributed by atoms with Crippen LogP contribution < -0.4 is 0 Å². The quantitative estimate of drug-likeness (QED) is 0.813. The van der Waals surface area contributed by atoms with Gasteiger partial charge in [-0.25, -0.2) is 0 Å². The lowest BCUT2D eigenvalue weighted by atomic mass is 10.1. The molecule has 6 heteroatoms. The summed E-state index contributed by atoms with van der Waals surface area (Å²) in [5, 5.41) is 8.91. The summed E-state index contributed by atoms with van der Waals surface area (Å²) in [5.74, 6) is -0.580. The first-order valence-electron chi connectivity index (χ1n) is 5.28. The molecule has 0 spiro atoms. The lowest BCUT2D eigenvalue weighted by molar-refractivity contribution is -0.136. The minimum Gasteiger partial charge on any atom is -0.480 e. The fourth-order valence-corrected chi connectivity index (χ4v) is 2.49. The van der Waals surface area contributed by atoms with Crippen LogP contribution in [0.3, 0.4) is 0 Å². The van der Waals surface area contributed by atoms with Crippen molar-refractivity contribution in [3.63, 3.8) is 0 Å². The van der Waals surface area contributed by atoms with E-state index in [9.17, 15) is 9.59 Å². The van der Waals surface area contributed by atoms with Gasteiger partial charge >= 0.3 is 5.97 Å². The van der Waals surface area contributed by atoms with E-state index in [0.29, 0.717) is 16.3 Å². The highest BCUT2D eigenvalue weighted by atomic mass is 35.5. The Morgan fingerprint density at radius 3 is 2.50 bits per heavy atom. The SMILES string of the molecule is CCSC(CC(=O)c1ccc(Cl)c(Cl)c1)C(=O)O. The van der Waals surface area contributed by atoms with Gasteiger partial charge in [-0.2, -0.15) is 0 Å². The molecule has 0 amide bonds. The molecule has 0 aliphatic carbocycles. The number of ketones is 1. The van der Waals surface area contributed by atoms with E-state index in [0.717, 1.165) is 0 Å². The normalized spacial score (nSPS) is 12.2. The maximum absolute atomic E-state index is 11.9. The Hall–Kier alpha value is -0.710. The van der Waals surface area contributed by atoms with E-state index in [-0.39, 0.29) is 17.2 Å². The van der Waals surface area contributed by atoms with Crippen molar-refractivity contribution in [2.24, 2.45) is 0 Å². The Labute approximate surface area is 119 Å². The van der Waals surface area contributed by atoms with Crippen molar-refractivity contribution < 1.29 is 14.7 Å². The highest BCUT2D eigenvalue weighted by molar-refractivity contribution is 8.00. The largest absolute Gasteiger partial charge is 0.480 e. The van der Waals surface area contributed by atoms with Crippen LogP contribution in [0, 0.1) is 0 Å². The number of hydrogen-bond acceptors (Lipinski definition) is 3. The van der Waals surface area contributed by atoms with Crippen molar-refractivity contribution in [2.75, 3.05) is 5.75 Å². The molecule has 0 saturated carbocycles. The fourth-order valence-electron chi connectivity index (χ4n) is 1.37. The molecule has 1 atom stereocenters. The highest BCUT2D eigenvalue weighted by Gasteiger charge is 2.22. The van der Waals surface area contributed by atoms with E-state index in [1.54, 1.807) is 6.07 Å². The number of carboxylic acids is 1. The zero-order valence-electron chi connectivity index (χ0n) is 9.65. The number of hydrogen-bond donors (Lipinski definition) is 1. The van der Waals surface area contributed by atoms with E-state index in [1.807, 2.05) is 6.92 Å². The number of carboxylic acid groups (broad SMARTS) is 1. The molecule has 0 aliphatic heterocycles. The van der Waals surface area contributed by atoms with Crippen LogP contribution in [0.5, 0.6) is 0 Å². The Balaban J connectivity index is 2.80. The van der Waals surface area contributed by atoms with Gasteiger partial charge in [0.25, 0.3) is 0 Å². The highest BCUT2D eigenvalue weighted by Crippen LogP contribution is 2.24. The molecule has 0 fully saturated rings.